The lowest BCUT2D eigenvalue weighted by Gasteiger charge is -2.13. The Morgan fingerprint density at radius 1 is 1.22 bits per heavy atom. The zero-order valence-corrected chi connectivity index (χ0v) is 14.6. The Labute approximate surface area is 140 Å². The number of unbranched alkanes of at least 4 members (excludes halogenated alkanes) is 3. The van der Waals surface area contributed by atoms with Crippen LogP contribution >= 0.6 is 0 Å². The summed E-state index contributed by atoms with van der Waals surface area (Å²) < 4.78 is 5.18. The van der Waals surface area contributed by atoms with Gasteiger partial charge < -0.3 is 20.5 Å². The summed E-state index contributed by atoms with van der Waals surface area (Å²) >= 11 is 0. The minimum Gasteiger partial charge on any atom is -0.497 e. The van der Waals surface area contributed by atoms with Gasteiger partial charge in [0.1, 0.15) is 5.75 Å². The SMILES string of the molecule is CCCCCCNC(=NCC(O)c1cccc(OC)c1)NCC. The molecule has 0 aliphatic carbocycles. The van der Waals surface area contributed by atoms with Crippen molar-refractivity contribution in [3.05, 3.63) is 29.8 Å². The molecule has 130 valence electrons. The van der Waals surface area contributed by atoms with Crippen molar-refractivity contribution in [3.8, 4) is 5.75 Å². The minimum absolute atomic E-state index is 0.317. The number of nitrogens with one attached hydrogen (secondary N) is 2. The molecule has 1 aromatic carbocycles. The molecule has 3 N–H and O–H groups in total. The minimum atomic E-state index is -0.638. The Morgan fingerprint density at radius 3 is 2.74 bits per heavy atom. The highest BCUT2D eigenvalue weighted by atomic mass is 16.5. The molecule has 5 heteroatoms. The first-order valence-corrected chi connectivity index (χ1v) is 8.55. The van der Waals surface area contributed by atoms with Crippen LogP contribution in [0.4, 0.5) is 0 Å². The summed E-state index contributed by atoms with van der Waals surface area (Å²) in [6.07, 6.45) is 4.23. The summed E-state index contributed by atoms with van der Waals surface area (Å²) in [5.74, 6) is 1.50. The standard InChI is InChI=1S/C18H31N3O2/c1-4-6-7-8-12-20-18(19-5-2)21-14-17(22)15-10-9-11-16(13-15)23-3/h9-11,13,17,22H,4-8,12,14H2,1-3H3,(H2,19,20,21). The van der Waals surface area contributed by atoms with Crippen molar-refractivity contribution < 1.29 is 9.84 Å². The van der Waals surface area contributed by atoms with E-state index in [-0.39, 0.29) is 0 Å². The van der Waals surface area contributed by atoms with Crippen LogP contribution in [0.15, 0.2) is 29.3 Å². The molecule has 0 radical (unpaired) electrons. The number of aliphatic hydroxyl groups is 1. The van der Waals surface area contributed by atoms with Gasteiger partial charge in [-0.3, -0.25) is 4.99 Å². The van der Waals surface area contributed by atoms with Crippen LogP contribution in [-0.2, 0) is 0 Å². The highest BCUT2D eigenvalue weighted by Crippen LogP contribution is 2.19. The van der Waals surface area contributed by atoms with Gasteiger partial charge in [0.15, 0.2) is 5.96 Å². The number of methoxy groups -OCH3 is 1. The van der Waals surface area contributed by atoms with E-state index in [1.807, 2.05) is 31.2 Å². The first-order valence-electron chi connectivity index (χ1n) is 8.55. The topological polar surface area (TPSA) is 65.9 Å². The van der Waals surface area contributed by atoms with E-state index < -0.39 is 6.10 Å². The molecule has 0 saturated heterocycles. The fourth-order valence-electron chi connectivity index (χ4n) is 2.23. The molecule has 0 fully saturated rings. The molecule has 1 aromatic rings. The summed E-state index contributed by atoms with van der Waals surface area (Å²) in [4.78, 5) is 4.47. The van der Waals surface area contributed by atoms with Gasteiger partial charge in [0.2, 0.25) is 0 Å². The third kappa shape index (κ3) is 7.88. The number of hydrogen-bond acceptors (Lipinski definition) is 3. The molecule has 0 aliphatic heterocycles. The number of aliphatic hydroxyl groups excluding tert-OH is 1. The molecular formula is C18H31N3O2. The van der Waals surface area contributed by atoms with Crippen LogP contribution in [-0.4, -0.2) is 37.8 Å². The first kappa shape index (κ1) is 19.3. The van der Waals surface area contributed by atoms with Crippen molar-refractivity contribution in [1.29, 1.82) is 0 Å². The zero-order chi connectivity index (χ0) is 16.9. The number of benzene rings is 1. The maximum Gasteiger partial charge on any atom is 0.191 e. The van der Waals surface area contributed by atoms with Gasteiger partial charge in [-0.15, -0.1) is 0 Å². The second-order valence-corrected chi connectivity index (χ2v) is 5.50. The molecule has 0 heterocycles. The predicted octanol–water partition coefficient (Wildman–Crippen LogP) is 2.86. The smallest absolute Gasteiger partial charge is 0.191 e. The highest BCUT2D eigenvalue weighted by Gasteiger charge is 2.08. The molecule has 0 amide bonds. The molecular weight excluding hydrogens is 290 g/mol. The van der Waals surface area contributed by atoms with Crippen molar-refractivity contribution in [3.63, 3.8) is 0 Å². The Hall–Kier alpha value is -1.75. The number of hydrogen-bond donors (Lipinski definition) is 3. The van der Waals surface area contributed by atoms with Gasteiger partial charge >= 0.3 is 0 Å². The predicted molar refractivity (Wildman–Crippen MR) is 96.1 cm³/mol. The lowest BCUT2D eigenvalue weighted by molar-refractivity contribution is 0.186. The summed E-state index contributed by atoms with van der Waals surface area (Å²) in [5.41, 5.74) is 0.812. The van der Waals surface area contributed by atoms with Gasteiger partial charge in [-0.1, -0.05) is 38.3 Å². The lowest BCUT2D eigenvalue weighted by atomic mass is 10.1. The summed E-state index contributed by atoms with van der Waals surface area (Å²) in [7, 11) is 1.62. The Balaban J connectivity index is 2.50. The molecule has 0 saturated carbocycles. The summed E-state index contributed by atoms with van der Waals surface area (Å²) in [6, 6.07) is 7.46. The van der Waals surface area contributed by atoms with Gasteiger partial charge in [0.05, 0.1) is 19.8 Å². The maximum atomic E-state index is 10.3. The van der Waals surface area contributed by atoms with Crippen LogP contribution in [0.5, 0.6) is 5.75 Å². The third-order valence-corrected chi connectivity index (χ3v) is 3.57. The van der Waals surface area contributed by atoms with Crippen molar-refractivity contribution in [1.82, 2.24) is 10.6 Å². The zero-order valence-electron chi connectivity index (χ0n) is 14.6. The molecule has 1 unspecified atom stereocenters. The van der Waals surface area contributed by atoms with Crippen LogP contribution < -0.4 is 15.4 Å². The van der Waals surface area contributed by atoms with Crippen LogP contribution in [0, 0.1) is 0 Å². The third-order valence-electron chi connectivity index (χ3n) is 3.57. The van der Waals surface area contributed by atoms with E-state index in [1.165, 1.54) is 19.3 Å². The van der Waals surface area contributed by atoms with Gasteiger partial charge in [0, 0.05) is 13.1 Å². The molecule has 23 heavy (non-hydrogen) atoms. The molecule has 5 nitrogen and oxygen atoms in total. The van der Waals surface area contributed by atoms with Crippen molar-refractivity contribution in [2.24, 2.45) is 4.99 Å². The number of guanidine groups is 1. The van der Waals surface area contributed by atoms with Crippen molar-refractivity contribution >= 4 is 5.96 Å². The second kappa shape index (κ2) is 11.8. The molecule has 1 rings (SSSR count). The Bertz CT molecular complexity index is 463. The fraction of sp³-hybridized carbons (Fsp3) is 0.611. The number of nitrogens with zero attached hydrogens (tertiary/aromatic N) is 1. The van der Waals surface area contributed by atoms with E-state index in [1.54, 1.807) is 7.11 Å². The first-order chi connectivity index (χ1) is 11.2. The Morgan fingerprint density at radius 2 is 2.04 bits per heavy atom. The van der Waals surface area contributed by atoms with Crippen molar-refractivity contribution in [2.45, 2.75) is 45.6 Å². The largest absolute Gasteiger partial charge is 0.497 e. The average molecular weight is 321 g/mol. The summed E-state index contributed by atoms with van der Waals surface area (Å²) in [5, 5.41) is 16.8. The van der Waals surface area contributed by atoms with Crippen LogP contribution in [0.2, 0.25) is 0 Å². The second-order valence-electron chi connectivity index (χ2n) is 5.50. The average Bonchev–Trinajstić information content (AvgIpc) is 2.59. The van der Waals surface area contributed by atoms with Gasteiger partial charge in [-0.05, 0) is 31.0 Å². The van der Waals surface area contributed by atoms with Crippen molar-refractivity contribution in [2.75, 3.05) is 26.7 Å². The van der Waals surface area contributed by atoms with E-state index >= 15 is 0 Å². The monoisotopic (exact) mass is 321 g/mol. The quantitative estimate of drug-likeness (QED) is 0.352. The lowest BCUT2D eigenvalue weighted by Crippen LogP contribution is -2.38. The van der Waals surface area contributed by atoms with Gasteiger partial charge in [-0.2, -0.15) is 0 Å². The van der Waals surface area contributed by atoms with Crippen LogP contribution in [0.25, 0.3) is 0 Å². The van der Waals surface area contributed by atoms with E-state index in [4.69, 9.17) is 4.74 Å². The highest BCUT2D eigenvalue weighted by molar-refractivity contribution is 5.79. The molecule has 0 aliphatic rings. The molecule has 0 aromatic heterocycles. The van der Waals surface area contributed by atoms with Gasteiger partial charge in [-0.25, -0.2) is 0 Å². The summed E-state index contributed by atoms with van der Waals surface area (Å²) in [6.45, 7) is 6.26. The maximum absolute atomic E-state index is 10.3. The van der Waals surface area contributed by atoms with Crippen LogP contribution in [0.3, 0.4) is 0 Å². The van der Waals surface area contributed by atoms with E-state index in [0.29, 0.717) is 6.54 Å². The molecule has 1 atom stereocenters. The van der Waals surface area contributed by atoms with E-state index in [0.717, 1.165) is 36.8 Å². The number of rotatable bonds is 10. The number of aliphatic imine (C=N–C) groups is 1. The van der Waals surface area contributed by atoms with Crippen LogP contribution in [0.1, 0.15) is 51.2 Å². The normalized spacial score (nSPS) is 12.8. The van der Waals surface area contributed by atoms with E-state index in [2.05, 4.69) is 22.5 Å². The molecule has 0 spiro atoms. The molecule has 0 bridgehead atoms. The van der Waals surface area contributed by atoms with E-state index in [9.17, 15) is 5.11 Å². The number of ether oxygens (including phenoxy) is 1. The fourth-order valence-corrected chi connectivity index (χ4v) is 2.23. The van der Waals surface area contributed by atoms with Gasteiger partial charge in [0.25, 0.3) is 0 Å². The Kier molecular flexibility index (Phi) is 9.87.